The van der Waals surface area contributed by atoms with Gasteiger partial charge in [-0.25, -0.2) is 0 Å². The molecule has 14 heteroatoms. The van der Waals surface area contributed by atoms with Gasteiger partial charge in [0.25, 0.3) is 0 Å². The molecule has 12 nitrogen and oxygen atoms in total. The van der Waals surface area contributed by atoms with Gasteiger partial charge in [-0.05, 0) is 17.7 Å². The summed E-state index contributed by atoms with van der Waals surface area (Å²) in [5.41, 5.74) is 5.69. The number of rotatable bonds is 2. The first kappa shape index (κ1) is 22.8. The van der Waals surface area contributed by atoms with E-state index in [1.54, 1.807) is 0 Å². The van der Waals surface area contributed by atoms with Gasteiger partial charge < -0.3 is 21.1 Å². The maximum atomic E-state index is 9.23. The summed E-state index contributed by atoms with van der Waals surface area (Å²) in [5.74, 6) is -0.456. The SMILES string of the molecule is NC[C@H](O)c1ccc(O)c(O)c1.O=S(=O)(O)O.O=S(=O)(O)O. The van der Waals surface area contributed by atoms with Crippen LogP contribution in [-0.4, -0.2) is 56.9 Å². The summed E-state index contributed by atoms with van der Waals surface area (Å²) in [6.45, 7) is 0.0875. The first-order valence-corrected chi connectivity index (χ1v) is 7.74. The predicted molar refractivity (Wildman–Crippen MR) is 72.1 cm³/mol. The van der Waals surface area contributed by atoms with Crippen molar-refractivity contribution in [1.82, 2.24) is 0 Å². The van der Waals surface area contributed by atoms with E-state index in [2.05, 4.69) is 0 Å². The van der Waals surface area contributed by atoms with Gasteiger partial charge in [-0.2, -0.15) is 16.8 Å². The summed E-state index contributed by atoms with van der Waals surface area (Å²) in [5, 5.41) is 27.2. The Labute approximate surface area is 125 Å². The minimum absolute atomic E-state index is 0.0875. The number of aliphatic hydroxyl groups excluding tert-OH is 1. The Kier molecular flexibility index (Phi) is 9.81. The molecule has 0 saturated heterocycles. The zero-order valence-electron chi connectivity index (χ0n) is 10.7. The van der Waals surface area contributed by atoms with Crippen molar-refractivity contribution in [3.8, 4) is 11.5 Å². The molecule has 0 aliphatic rings. The van der Waals surface area contributed by atoms with E-state index in [4.69, 9.17) is 51.0 Å². The molecule has 0 amide bonds. The lowest BCUT2D eigenvalue weighted by molar-refractivity contribution is 0.186. The molecule has 0 aromatic heterocycles. The average molecular weight is 365 g/mol. The molecule has 0 saturated carbocycles. The Morgan fingerprint density at radius 1 is 0.909 bits per heavy atom. The van der Waals surface area contributed by atoms with Gasteiger partial charge in [-0.3, -0.25) is 18.2 Å². The van der Waals surface area contributed by atoms with Gasteiger partial charge in [0.05, 0.1) is 6.10 Å². The van der Waals surface area contributed by atoms with E-state index in [-0.39, 0.29) is 18.0 Å². The molecule has 0 unspecified atom stereocenters. The van der Waals surface area contributed by atoms with Crippen LogP contribution in [0.2, 0.25) is 0 Å². The van der Waals surface area contributed by atoms with Crippen LogP contribution in [0.1, 0.15) is 11.7 Å². The minimum atomic E-state index is -4.67. The number of hydrogen-bond donors (Lipinski definition) is 8. The van der Waals surface area contributed by atoms with E-state index < -0.39 is 26.9 Å². The molecule has 0 spiro atoms. The Bertz CT molecular complexity index is 609. The van der Waals surface area contributed by atoms with E-state index in [1.165, 1.54) is 18.2 Å². The maximum absolute atomic E-state index is 9.23. The Morgan fingerprint density at radius 3 is 1.55 bits per heavy atom. The van der Waals surface area contributed by atoms with Crippen LogP contribution in [0.3, 0.4) is 0 Å². The van der Waals surface area contributed by atoms with Gasteiger partial charge in [0, 0.05) is 6.54 Å². The van der Waals surface area contributed by atoms with Crippen LogP contribution in [0.15, 0.2) is 18.2 Å². The van der Waals surface area contributed by atoms with Crippen molar-refractivity contribution >= 4 is 20.8 Å². The maximum Gasteiger partial charge on any atom is 0.394 e. The standard InChI is InChI=1S/C8H11NO3.2H2O4S/c9-4-8(12)5-1-2-6(10)7(11)3-5;2*1-5(2,3)4/h1-3,8,10-12H,4,9H2;2*(H2,1,2,3,4)/t8-;;/m0../s1. The summed E-state index contributed by atoms with van der Waals surface area (Å²) in [4.78, 5) is 0. The molecular weight excluding hydrogens is 350 g/mol. The molecule has 0 aliphatic heterocycles. The molecule has 9 N–H and O–H groups in total. The number of benzene rings is 1. The van der Waals surface area contributed by atoms with E-state index in [9.17, 15) is 5.11 Å². The van der Waals surface area contributed by atoms with Crippen LogP contribution < -0.4 is 5.73 Å². The van der Waals surface area contributed by atoms with Gasteiger partial charge in [0.2, 0.25) is 0 Å². The molecule has 0 bridgehead atoms. The monoisotopic (exact) mass is 365 g/mol. The fourth-order valence-corrected chi connectivity index (χ4v) is 0.884. The Morgan fingerprint density at radius 2 is 1.27 bits per heavy atom. The predicted octanol–water partition coefficient (Wildman–Crippen LogP) is -1.22. The van der Waals surface area contributed by atoms with Crippen LogP contribution in [0.25, 0.3) is 0 Å². The first-order chi connectivity index (χ1) is 9.65. The van der Waals surface area contributed by atoms with Crippen molar-refractivity contribution in [2.75, 3.05) is 6.54 Å². The summed E-state index contributed by atoms with van der Waals surface area (Å²) in [7, 11) is -9.33. The number of nitrogens with two attached hydrogens (primary N) is 1. The second-order valence-electron chi connectivity index (χ2n) is 3.40. The summed E-state index contributed by atoms with van der Waals surface area (Å²) in [6.07, 6.45) is -0.795. The third-order valence-electron chi connectivity index (χ3n) is 1.61. The topological polar surface area (TPSA) is 236 Å². The van der Waals surface area contributed by atoms with E-state index in [0.717, 1.165) is 0 Å². The molecule has 130 valence electrons. The van der Waals surface area contributed by atoms with E-state index in [0.29, 0.717) is 5.56 Å². The van der Waals surface area contributed by atoms with Crippen LogP contribution in [0.5, 0.6) is 11.5 Å². The molecule has 1 rings (SSSR count). The average Bonchev–Trinajstić information content (AvgIpc) is 2.27. The minimum Gasteiger partial charge on any atom is -0.504 e. The van der Waals surface area contributed by atoms with Crippen LogP contribution in [0.4, 0.5) is 0 Å². The van der Waals surface area contributed by atoms with Crippen molar-refractivity contribution < 1.29 is 50.4 Å². The molecule has 0 fully saturated rings. The molecular formula is C8H15NO11S2. The number of phenols is 2. The number of aromatic hydroxyl groups is 2. The molecule has 0 radical (unpaired) electrons. The third kappa shape index (κ3) is 18.5. The van der Waals surface area contributed by atoms with Crippen molar-refractivity contribution in [2.45, 2.75) is 6.10 Å². The zero-order valence-corrected chi connectivity index (χ0v) is 12.3. The summed E-state index contributed by atoms with van der Waals surface area (Å²) in [6, 6.07) is 4.10. The molecule has 1 aromatic carbocycles. The van der Waals surface area contributed by atoms with Gasteiger partial charge >= 0.3 is 20.8 Å². The van der Waals surface area contributed by atoms with Crippen LogP contribution >= 0.6 is 0 Å². The van der Waals surface area contributed by atoms with Crippen molar-refractivity contribution in [2.24, 2.45) is 5.73 Å². The van der Waals surface area contributed by atoms with E-state index >= 15 is 0 Å². The van der Waals surface area contributed by atoms with Gasteiger partial charge in [0.1, 0.15) is 0 Å². The van der Waals surface area contributed by atoms with E-state index in [1.807, 2.05) is 0 Å². The van der Waals surface area contributed by atoms with Gasteiger partial charge in [0.15, 0.2) is 11.5 Å². The van der Waals surface area contributed by atoms with Crippen molar-refractivity contribution in [3.05, 3.63) is 23.8 Å². The molecule has 1 atom stereocenters. The number of aliphatic hydroxyl groups is 1. The van der Waals surface area contributed by atoms with Crippen molar-refractivity contribution in [1.29, 1.82) is 0 Å². The lowest BCUT2D eigenvalue weighted by atomic mass is 10.1. The molecule has 0 heterocycles. The van der Waals surface area contributed by atoms with Crippen LogP contribution in [-0.2, 0) is 20.8 Å². The molecule has 0 aliphatic carbocycles. The van der Waals surface area contributed by atoms with Crippen LogP contribution in [0, 0.1) is 0 Å². The summed E-state index contributed by atoms with van der Waals surface area (Å²) < 4.78 is 63.2. The highest BCUT2D eigenvalue weighted by molar-refractivity contribution is 7.80. The molecule has 1 aromatic rings. The summed E-state index contributed by atoms with van der Waals surface area (Å²) >= 11 is 0. The zero-order chi connectivity index (χ0) is 18.1. The lowest BCUT2D eigenvalue weighted by Crippen LogP contribution is -2.11. The highest BCUT2D eigenvalue weighted by Crippen LogP contribution is 2.27. The largest absolute Gasteiger partial charge is 0.504 e. The fourth-order valence-electron chi connectivity index (χ4n) is 0.884. The second-order valence-corrected chi connectivity index (χ2v) is 5.19. The smallest absolute Gasteiger partial charge is 0.394 e. The highest BCUT2D eigenvalue weighted by atomic mass is 32.3. The quantitative estimate of drug-likeness (QED) is 0.227. The number of phenolic OH excluding ortho intramolecular Hbond substituents is 2. The molecule has 22 heavy (non-hydrogen) atoms. The van der Waals surface area contributed by atoms with Crippen molar-refractivity contribution in [3.63, 3.8) is 0 Å². The Balaban J connectivity index is 0. The first-order valence-electron chi connectivity index (χ1n) is 4.95. The fraction of sp³-hybridized carbons (Fsp3) is 0.250. The van der Waals surface area contributed by atoms with Gasteiger partial charge in [-0.1, -0.05) is 6.07 Å². The van der Waals surface area contributed by atoms with Gasteiger partial charge in [-0.15, -0.1) is 0 Å². The number of hydrogen-bond acceptors (Lipinski definition) is 8. The normalized spacial score (nSPS) is 12.3. The lowest BCUT2D eigenvalue weighted by Gasteiger charge is -2.08. The Hall–Kier alpha value is -1.52. The third-order valence-corrected chi connectivity index (χ3v) is 1.61. The second kappa shape index (κ2) is 9.49. The highest BCUT2D eigenvalue weighted by Gasteiger charge is 2.07.